The molecule has 33 valence electrons. The van der Waals surface area contributed by atoms with Gasteiger partial charge in [0.1, 0.15) is 0 Å². The van der Waals surface area contributed by atoms with Crippen LogP contribution in [-0.2, 0) is 4.79 Å². The van der Waals surface area contributed by atoms with E-state index in [0.29, 0.717) is 0 Å². The zero-order chi connectivity index (χ0) is 5.28. The molecule has 0 saturated heterocycles. The molecular formula is C4H2CeNO. The van der Waals surface area contributed by atoms with Crippen LogP contribution in [0.15, 0.2) is 17.3 Å². The van der Waals surface area contributed by atoms with Gasteiger partial charge in [-0.05, 0) is 0 Å². The van der Waals surface area contributed by atoms with E-state index in [9.17, 15) is 4.79 Å². The number of ketones is 1. The van der Waals surface area contributed by atoms with E-state index in [1.54, 1.807) is 6.20 Å². The summed E-state index contributed by atoms with van der Waals surface area (Å²) in [6.07, 6.45) is 3.03. The van der Waals surface area contributed by atoms with Crippen LogP contribution >= 0.6 is 0 Å². The zero-order valence-electron chi connectivity index (χ0n) is 3.51. The summed E-state index contributed by atoms with van der Waals surface area (Å²) in [4.78, 5) is 14.2. The second-order valence-corrected chi connectivity index (χ2v) is 2.64. The van der Waals surface area contributed by atoms with Crippen molar-refractivity contribution in [2.45, 2.75) is 0 Å². The molecule has 0 aromatic rings. The monoisotopic (exact) mass is 220 g/mol. The van der Waals surface area contributed by atoms with Gasteiger partial charge in [-0.2, -0.15) is 0 Å². The van der Waals surface area contributed by atoms with Crippen molar-refractivity contribution in [1.29, 1.82) is 0 Å². The first-order valence-electron chi connectivity index (χ1n) is 1.81. The summed E-state index contributed by atoms with van der Waals surface area (Å²) >= 11 is 0.775. The van der Waals surface area contributed by atoms with E-state index < -0.39 is 0 Å². The Labute approximate surface area is 68.0 Å². The van der Waals surface area contributed by atoms with Crippen LogP contribution < -0.4 is 0 Å². The standard InChI is InChI=1S/C4H2NO.Ce/c6-4-1-2-5-3-4;/h1-2H;. The van der Waals surface area contributed by atoms with Gasteiger partial charge in [0.25, 0.3) is 0 Å². The summed E-state index contributed by atoms with van der Waals surface area (Å²) < 4.78 is 0.722. The molecule has 3 heteroatoms. The van der Waals surface area contributed by atoms with Crippen LogP contribution in [0.3, 0.4) is 0 Å². The SMILES string of the molecule is O=C1C=CN=[C]1[Ce]. The topological polar surface area (TPSA) is 29.4 Å². The van der Waals surface area contributed by atoms with Crippen molar-refractivity contribution in [3.63, 3.8) is 0 Å². The predicted octanol–water partition coefficient (Wildman–Crippen LogP) is 0.0306. The van der Waals surface area contributed by atoms with Gasteiger partial charge in [0, 0.05) is 0 Å². The minimum atomic E-state index is 0.0895. The number of rotatable bonds is 0. The molecule has 0 aromatic heterocycles. The van der Waals surface area contributed by atoms with Crippen LogP contribution in [0.25, 0.3) is 0 Å². The molecule has 0 bridgehead atoms. The Bertz CT molecular complexity index is 159. The van der Waals surface area contributed by atoms with Gasteiger partial charge in [-0.1, -0.05) is 0 Å². The molecule has 0 unspecified atom stereocenters. The molecule has 7 heavy (non-hydrogen) atoms. The molecule has 0 N–H and O–H groups in total. The third-order valence-corrected chi connectivity index (χ3v) is 1.84. The van der Waals surface area contributed by atoms with Gasteiger partial charge in [0.05, 0.1) is 0 Å². The zero-order valence-corrected chi connectivity index (χ0v) is 6.65. The molecule has 1 rings (SSSR count). The summed E-state index contributed by atoms with van der Waals surface area (Å²) in [5.41, 5.74) is 0. The van der Waals surface area contributed by atoms with Crippen LogP contribution in [0.4, 0.5) is 0 Å². The van der Waals surface area contributed by atoms with Crippen molar-refractivity contribution in [2.24, 2.45) is 4.99 Å². The van der Waals surface area contributed by atoms with Crippen LogP contribution in [0.2, 0.25) is 0 Å². The molecule has 0 saturated carbocycles. The normalized spacial score (nSPS) is 17.6. The Morgan fingerprint density at radius 1 is 1.71 bits per heavy atom. The van der Waals surface area contributed by atoms with E-state index in [0.717, 1.165) is 40.9 Å². The number of hydrogen-bond donors (Lipinski definition) is 0. The van der Waals surface area contributed by atoms with Gasteiger partial charge in [-0.3, -0.25) is 0 Å². The summed E-state index contributed by atoms with van der Waals surface area (Å²) in [7, 11) is 0. The fourth-order valence-electron chi connectivity index (χ4n) is 0.322. The Morgan fingerprint density at radius 3 is 2.57 bits per heavy atom. The molecule has 0 aliphatic carbocycles. The summed E-state index contributed by atoms with van der Waals surface area (Å²) in [5.74, 6) is 0.0895. The van der Waals surface area contributed by atoms with Gasteiger partial charge in [-0.15, -0.1) is 0 Å². The number of nitrogens with zero attached hydrogens (tertiary/aromatic N) is 1. The number of aliphatic imine (C=N–C) groups is 1. The Balaban J connectivity index is 2.89. The van der Waals surface area contributed by atoms with Crippen LogP contribution in [-0.4, -0.2) is 7.01 Å². The second kappa shape index (κ2) is 2.15. The average molecular weight is 220 g/mol. The molecule has 0 spiro atoms. The Morgan fingerprint density at radius 2 is 2.43 bits per heavy atom. The average Bonchev–Trinajstić information content (AvgIpc) is 1.91. The van der Waals surface area contributed by atoms with Crippen LogP contribution in [0.1, 0.15) is 0 Å². The van der Waals surface area contributed by atoms with E-state index in [1.807, 2.05) is 0 Å². The molecule has 1 aliphatic heterocycles. The molecule has 0 fully saturated rings. The molecule has 0 aromatic carbocycles. The molecular weight excluding hydrogens is 218 g/mol. The van der Waals surface area contributed by atoms with Crippen molar-refractivity contribution < 1.29 is 44.4 Å². The molecule has 0 amide bonds. The van der Waals surface area contributed by atoms with Gasteiger partial charge >= 0.3 is 68.7 Å². The van der Waals surface area contributed by atoms with E-state index in [-0.39, 0.29) is 5.78 Å². The molecule has 1 aliphatic rings. The first-order valence-corrected chi connectivity index (χ1v) is 3.38. The van der Waals surface area contributed by atoms with Gasteiger partial charge in [0.2, 0.25) is 0 Å². The molecule has 0 radical (unpaired) electrons. The van der Waals surface area contributed by atoms with Crippen molar-refractivity contribution in [3.05, 3.63) is 12.3 Å². The quantitative estimate of drug-likeness (QED) is 0.566. The number of hydrogen-bond acceptors (Lipinski definition) is 2. The number of allylic oxidation sites excluding steroid dienone is 1. The summed E-state index contributed by atoms with van der Waals surface area (Å²) in [6.45, 7) is 0. The number of carbonyl (C=O) groups is 1. The predicted molar refractivity (Wildman–Crippen MR) is 21.6 cm³/mol. The Kier molecular flexibility index (Phi) is 1.72. The van der Waals surface area contributed by atoms with E-state index in [2.05, 4.69) is 4.99 Å². The maximum atomic E-state index is 10.4. The third kappa shape index (κ3) is 1.17. The van der Waals surface area contributed by atoms with Crippen LogP contribution in [0.5, 0.6) is 0 Å². The van der Waals surface area contributed by atoms with Gasteiger partial charge < -0.3 is 0 Å². The van der Waals surface area contributed by atoms with E-state index in [1.165, 1.54) is 6.08 Å². The first kappa shape index (κ1) is 5.59. The minimum absolute atomic E-state index is 0.0895. The van der Waals surface area contributed by atoms with Crippen molar-refractivity contribution in [1.82, 2.24) is 0 Å². The fraction of sp³-hybridized carbons (Fsp3) is 0. The summed E-state index contributed by atoms with van der Waals surface area (Å²) in [6, 6.07) is 0. The Hall–Kier alpha value is 0.457. The van der Waals surface area contributed by atoms with Crippen molar-refractivity contribution in [3.8, 4) is 0 Å². The van der Waals surface area contributed by atoms with Gasteiger partial charge in [-0.25, -0.2) is 0 Å². The third-order valence-electron chi connectivity index (χ3n) is 0.663. The first-order chi connectivity index (χ1) is 3.30. The fourth-order valence-corrected chi connectivity index (χ4v) is 0.818. The van der Waals surface area contributed by atoms with Crippen molar-refractivity contribution >= 4 is 7.01 Å². The maximum absolute atomic E-state index is 10.4. The van der Waals surface area contributed by atoms with E-state index >= 15 is 0 Å². The molecule has 1 heterocycles. The van der Waals surface area contributed by atoms with Crippen molar-refractivity contribution in [2.75, 3.05) is 0 Å². The van der Waals surface area contributed by atoms with Gasteiger partial charge in [0.15, 0.2) is 0 Å². The second-order valence-electron chi connectivity index (χ2n) is 1.16. The number of carbonyl (C=O) groups excluding carboxylic acids is 1. The van der Waals surface area contributed by atoms with E-state index in [4.69, 9.17) is 0 Å². The van der Waals surface area contributed by atoms with Crippen LogP contribution in [0, 0.1) is 39.6 Å². The molecule has 2 nitrogen and oxygen atoms in total. The molecule has 0 atom stereocenters. The summed E-state index contributed by atoms with van der Waals surface area (Å²) in [5, 5.41) is 0.